The molecule has 5 atom stereocenters. The van der Waals surface area contributed by atoms with Gasteiger partial charge in [-0.25, -0.2) is 14.6 Å². The van der Waals surface area contributed by atoms with Gasteiger partial charge in [-0.2, -0.15) is 0 Å². The largest absolute Gasteiger partial charge is 0.497 e. The molecule has 12 heteroatoms. The molecule has 1 aliphatic heterocycles. The van der Waals surface area contributed by atoms with E-state index in [-0.39, 0.29) is 18.4 Å². The summed E-state index contributed by atoms with van der Waals surface area (Å²) in [7, 11) is 2.95. The predicted octanol–water partition coefficient (Wildman–Crippen LogP) is 6.38. The van der Waals surface area contributed by atoms with E-state index in [1.165, 1.54) is 7.11 Å². The lowest BCUT2D eigenvalue weighted by molar-refractivity contribution is -0.142. The number of carbonyl (C=O) groups is 3. The number of likely N-dealkylation sites (tertiary alicyclic amines) is 1. The molecule has 1 aromatic heterocycles. The van der Waals surface area contributed by atoms with E-state index >= 15 is 0 Å². The van der Waals surface area contributed by atoms with E-state index < -0.39 is 41.9 Å². The Hall–Kier alpha value is -4.19. The number of nitrogens with one attached hydrogen (secondary N) is 2. The van der Waals surface area contributed by atoms with Crippen LogP contribution in [0.1, 0.15) is 79.8 Å². The number of thiocarbonyl (C=S) groups is 1. The summed E-state index contributed by atoms with van der Waals surface area (Å²) < 4.78 is 22.8. The molecule has 0 saturated carbocycles. The van der Waals surface area contributed by atoms with E-state index in [2.05, 4.69) is 35.8 Å². The normalized spacial score (nSPS) is 20.2. The summed E-state index contributed by atoms with van der Waals surface area (Å²) in [6.07, 6.45) is 7.79. The smallest absolute Gasteiger partial charge is 0.408 e. The number of methoxy groups -OCH3 is 2. The monoisotopic (exact) mass is 708 g/mol. The first-order chi connectivity index (χ1) is 23.6. The summed E-state index contributed by atoms with van der Waals surface area (Å²) in [5, 5.41) is 6.75. The van der Waals surface area contributed by atoms with E-state index in [0.29, 0.717) is 40.8 Å². The van der Waals surface area contributed by atoms with E-state index in [9.17, 15) is 14.4 Å². The van der Waals surface area contributed by atoms with Gasteiger partial charge in [0.2, 0.25) is 5.91 Å². The third kappa shape index (κ3) is 9.74. The van der Waals surface area contributed by atoms with E-state index in [0.717, 1.165) is 29.5 Å². The molecule has 0 bridgehead atoms. The molecule has 1 unspecified atom stereocenters. The van der Waals surface area contributed by atoms with Crippen LogP contribution in [-0.2, 0) is 19.1 Å². The first kappa shape index (κ1) is 38.6. The molecule has 2 N–H and O–H groups in total. The number of esters is 1. The van der Waals surface area contributed by atoms with Crippen molar-refractivity contribution in [2.45, 2.75) is 104 Å². The predicted molar refractivity (Wildman–Crippen MR) is 198 cm³/mol. The molecule has 2 aliphatic rings. The summed E-state index contributed by atoms with van der Waals surface area (Å²) in [6.45, 7) is 13.3. The lowest BCUT2D eigenvalue weighted by atomic mass is 9.95. The van der Waals surface area contributed by atoms with E-state index in [1.54, 1.807) is 32.8 Å². The summed E-state index contributed by atoms with van der Waals surface area (Å²) in [6, 6.07) is 5.41. The number of carbonyl (C=O) groups excluding carboxylic acids is 3. The standard InChI is InChI=1S/C38H52N4O7S/c1-10-12-28(36(44)47-9)40-34(50)31-19-26(21-42(31)35(43)33(22(2)3)41-37(45)49-38(5,6)7)48-32-20-29(24-14-11-13-23(4)17-24)39-30-18-25(46-8)15-16-27(30)32/h11,14-18,20,22-23,26,28,31,33H,10,12-13,19,21H2,1-9H3,(H,40,50)(H,41,45)/t23?,26-,28+,31+,33+/m1/s1. The molecule has 1 fully saturated rings. The molecule has 50 heavy (non-hydrogen) atoms. The molecule has 0 spiro atoms. The zero-order chi connectivity index (χ0) is 36.7. The molecule has 1 saturated heterocycles. The van der Waals surface area contributed by atoms with Gasteiger partial charge >= 0.3 is 12.1 Å². The zero-order valence-corrected chi connectivity index (χ0v) is 31.5. The number of ether oxygens (including phenoxy) is 4. The van der Waals surface area contributed by atoms with Crippen LogP contribution in [0, 0.1) is 11.8 Å². The van der Waals surface area contributed by atoms with Crippen LogP contribution >= 0.6 is 12.2 Å². The second-order valence-corrected chi connectivity index (χ2v) is 14.8. The number of fused-ring (bicyclic) bond motifs is 1. The second kappa shape index (κ2) is 16.7. The topological polar surface area (TPSA) is 128 Å². The number of alkyl carbamates (subject to hydrolysis) is 1. The summed E-state index contributed by atoms with van der Waals surface area (Å²) in [4.78, 5) is 46.8. The number of allylic oxidation sites excluding steroid dienone is 4. The van der Waals surface area contributed by atoms with Crippen LogP contribution in [0.4, 0.5) is 4.79 Å². The summed E-state index contributed by atoms with van der Waals surface area (Å²) >= 11 is 5.90. The van der Waals surface area contributed by atoms with Crippen molar-refractivity contribution in [1.82, 2.24) is 20.5 Å². The quantitative estimate of drug-likeness (QED) is 0.189. The molecule has 2 aromatic rings. The molecule has 0 radical (unpaired) electrons. The third-order valence-corrected chi connectivity index (χ3v) is 9.06. The fourth-order valence-electron chi connectivity index (χ4n) is 6.19. The maximum atomic E-state index is 14.4. The molecule has 2 heterocycles. The molecule has 272 valence electrons. The Morgan fingerprint density at radius 1 is 1.12 bits per heavy atom. The summed E-state index contributed by atoms with van der Waals surface area (Å²) in [5.74, 6) is 0.636. The number of aromatic nitrogens is 1. The van der Waals surface area contributed by atoms with Crippen LogP contribution in [0.3, 0.4) is 0 Å². The van der Waals surface area contributed by atoms with Gasteiger partial charge in [0, 0.05) is 23.9 Å². The van der Waals surface area contributed by atoms with Gasteiger partial charge in [-0.15, -0.1) is 0 Å². The molecule has 4 rings (SSSR count). The number of nitrogens with zero attached hydrogens (tertiary/aromatic N) is 2. The fourth-order valence-corrected chi connectivity index (χ4v) is 6.55. The number of amides is 2. The highest BCUT2D eigenvalue weighted by Crippen LogP contribution is 2.35. The van der Waals surface area contributed by atoms with Crippen molar-refractivity contribution in [1.29, 1.82) is 0 Å². The zero-order valence-electron chi connectivity index (χ0n) is 30.7. The first-order valence-electron chi connectivity index (χ1n) is 17.4. The maximum Gasteiger partial charge on any atom is 0.408 e. The lowest BCUT2D eigenvalue weighted by Crippen LogP contribution is -2.56. The van der Waals surface area contributed by atoms with Gasteiger partial charge in [-0.3, -0.25) is 4.79 Å². The maximum absolute atomic E-state index is 14.4. The number of hydrogen-bond acceptors (Lipinski definition) is 9. The number of hydrogen-bond donors (Lipinski definition) is 2. The highest BCUT2D eigenvalue weighted by Gasteiger charge is 2.43. The van der Waals surface area contributed by atoms with Crippen molar-refractivity contribution in [3.05, 3.63) is 48.2 Å². The van der Waals surface area contributed by atoms with Crippen molar-refractivity contribution >= 4 is 51.7 Å². The Morgan fingerprint density at radius 2 is 1.86 bits per heavy atom. The number of benzene rings is 1. The van der Waals surface area contributed by atoms with Crippen molar-refractivity contribution < 1.29 is 33.3 Å². The first-order valence-corrected chi connectivity index (χ1v) is 17.8. The molecular formula is C38H52N4O7S. The average molecular weight is 709 g/mol. The number of pyridine rings is 1. The van der Waals surface area contributed by atoms with Gasteiger partial charge in [-0.05, 0) is 63.2 Å². The molecule has 11 nitrogen and oxygen atoms in total. The highest BCUT2D eigenvalue weighted by molar-refractivity contribution is 7.80. The Labute approximate surface area is 301 Å². The van der Waals surface area contributed by atoms with E-state index in [4.69, 9.17) is 36.1 Å². The third-order valence-electron chi connectivity index (χ3n) is 8.67. The Balaban J connectivity index is 1.71. The van der Waals surface area contributed by atoms with Crippen LogP contribution in [0.15, 0.2) is 42.5 Å². The van der Waals surface area contributed by atoms with Crippen LogP contribution < -0.4 is 20.1 Å². The molecule has 1 aromatic carbocycles. The molecule has 1 aliphatic carbocycles. The second-order valence-electron chi connectivity index (χ2n) is 14.3. The van der Waals surface area contributed by atoms with Crippen LogP contribution in [0.5, 0.6) is 11.5 Å². The molecule has 2 amide bonds. The Bertz CT molecular complexity index is 1630. The van der Waals surface area contributed by atoms with Crippen LogP contribution in [-0.4, -0.2) is 83.4 Å². The van der Waals surface area contributed by atoms with Crippen molar-refractivity contribution in [2.24, 2.45) is 11.8 Å². The van der Waals surface area contributed by atoms with Gasteiger partial charge < -0.3 is 34.5 Å². The minimum Gasteiger partial charge on any atom is -0.497 e. The lowest BCUT2D eigenvalue weighted by Gasteiger charge is -2.32. The Morgan fingerprint density at radius 3 is 2.48 bits per heavy atom. The van der Waals surface area contributed by atoms with Crippen molar-refractivity contribution in [2.75, 3.05) is 20.8 Å². The van der Waals surface area contributed by atoms with Gasteiger partial charge in [0.15, 0.2) is 0 Å². The summed E-state index contributed by atoms with van der Waals surface area (Å²) in [5.41, 5.74) is 1.74. The minimum absolute atomic E-state index is 0.191. The number of rotatable bonds is 12. The average Bonchev–Trinajstić information content (AvgIpc) is 3.49. The Kier molecular flexibility index (Phi) is 12.9. The van der Waals surface area contributed by atoms with Crippen molar-refractivity contribution in [3.8, 4) is 11.5 Å². The van der Waals surface area contributed by atoms with Gasteiger partial charge in [0.25, 0.3) is 0 Å². The SMILES string of the molecule is CCC[C@H](NC(=S)[C@@H]1C[C@@H](Oc2cc(C3=CC(C)CC=C3)nc3cc(OC)ccc23)CN1C(=O)[C@@H](NC(=O)OC(C)(C)C)C(C)C)C(=O)OC. The van der Waals surface area contributed by atoms with Gasteiger partial charge in [0.05, 0.1) is 43.0 Å². The van der Waals surface area contributed by atoms with Crippen LogP contribution in [0.2, 0.25) is 0 Å². The van der Waals surface area contributed by atoms with Gasteiger partial charge in [-0.1, -0.05) is 64.6 Å². The highest BCUT2D eigenvalue weighted by atomic mass is 32.1. The van der Waals surface area contributed by atoms with Crippen LogP contribution in [0.25, 0.3) is 16.5 Å². The molecular weight excluding hydrogens is 657 g/mol. The van der Waals surface area contributed by atoms with Crippen molar-refractivity contribution in [3.63, 3.8) is 0 Å². The minimum atomic E-state index is -0.895. The van der Waals surface area contributed by atoms with Gasteiger partial charge in [0.1, 0.15) is 35.3 Å². The fraction of sp³-hybridized carbons (Fsp3) is 0.553. The van der Waals surface area contributed by atoms with E-state index in [1.807, 2.05) is 45.0 Å².